The molecule has 1 aliphatic rings. The van der Waals surface area contributed by atoms with E-state index >= 15 is 0 Å². The Labute approximate surface area is 108 Å². The number of fused-ring (bicyclic) bond motifs is 1. The standard InChI is InChI=1S/C15H19N3/c1-18(13-6-4-7-13)10-12-9-11-5-2-3-8-14(11)17-15(12)16/h2-3,5,8-9,13H,4,6-7,10H2,1H3,(H2,16,17). The predicted molar refractivity (Wildman–Crippen MR) is 75.3 cm³/mol. The number of anilines is 1. The summed E-state index contributed by atoms with van der Waals surface area (Å²) in [5, 5.41) is 1.17. The van der Waals surface area contributed by atoms with E-state index in [-0.39, 0.29) is 0 Å². The van der Waals surface area contributed by atoms with Crippen LogP contribution in [0.15, 0.2) is 30.3 Å². The molecule has 1 saturated carbocycles. The maximum absolute atomic E-state index is 6.06. The molecule has 3 heteroatoms. The van der Waals surface area contributed by atoms with Gasteiger partial charge >= 0.3 is 0 Å². The van der Waals surface area contributed by atoms with Crippen molar-refractivity contribution < 1.29 is 0 Å². The molecule has 2 aromatic rings. The molecule has 0 aliphatic heterocycles. The van der Waals surface area contributed by atoms with Crippen LogP contribution in [0.2, 0.25) is 0 Å². The molecule has 0 spiro atoms. The Morgan fingerprint density at radius 2 is 2.11 bits per heavy atom. The molecule has 94 valence electrons. The van der Waals surface area contributed by atoms with Crippen LogP contribution in [0.25, 0.3) is 10.9 Å². The van der Waals surface area contributed by atoms with Crippen LogP contribution in [-0.4, -0.2) is 23.0 Å². The molecule has 0 saturated heterocycles. The molecule has 0 bridgehead atoms. The molecule has 1 aromatic heterocycles. The molecular formula is C15H19N3. The Morgan fingerprint density at radius 1 is 1.33 bits per heavy atom. The number of hydrogen-bond acceptors (Lipinski definition) is 3. The van der Waals surface area contributed by atoms with Gasteiger partial charge in [0, 0.05) is 23.5 Å². The predicted octanol–water partition coefficient (Wildman–Crippen LogP) is 2.80. The van der Waals surface area contributed by atoms with Crippen molar-refractivity contribution in [2.75, 3.05) is 12.8 Å². The Morgan fingerprint density at radius 3 is 2.83 bits per heavy atom. The van der Waals surface area contributed by atoms with Gasteiger partial charge < -0.3 is 5.73 Å². The summed E-state index contributed by atoms with van der Waals surface area (Å²) in [5.74, 6) is 0.667. The highest BCUT2D eigenvalue weighted by Crippen LogP contribution is 2.26. The summed E-state index contributed by atoms with van der Waals surface area (Å²) >= 11 is 0. The lowest BCUT2D eigenvalue weighted by Gasteiger charge is -2.34. The summed E-state index contributed by atoms with van der Waals surface area (Å²) in [6, 6.07) is 11.0. The first-order valence-electron chi connectivity index (χ1n) is 6.58. The fourth-order valence-electron chi connectivity index (χ4n) is 2.53. The topological polar surface area (TPSA) is 42.2 Å². The third-order valence-electron chi connectivity index (χ3n) is 3.95. The number of nitrogens with two attached hydrogens (primary N) is 1. The van der Waals surface area contributed by atoms with Gasteiger partial charge in [-0.3, -0.25) is 4.90 Å². The van der Waals surface area contributed by atoms with Gasteiger partial charge in [-0.25, -0.2) is 4.98 Å². The summed E-state index contributed by atoms with van der Waals surface area (Å²) in [6.45, 7) is 0.897. The van der Waals surface area contributed by atoms with Gasteiger partial charge in [0.05, 0.1) is 5.52 Å². The SMILES string of the molecule is CN(Cc1cc2ccccc2nc1N)C1CCC1. The van der Waals surface area contributed by atoms with Gasteiger partial charge in [0.25, 0.3) is 0 Å². The molecule has 1 fully saturated rings. The Bertz CT molecular complexity index is 561. The number of benzene rings is 1. The molecule has 3 rings (SSSR count). The number of nitrogen functional groups attached to an aromatic ring is 1. The number of hydrogen-bond donors (Lipinski definition) is 1. The summed E-state index contributed by atoms with van der Waals surface area (Å²) in [5.41, 5.74) is 8.18. The van der Waals surface area contributed by atoms with Crippen LogP contribution >= 0.6 is 0 Å². The van der Waals surface area contributed by atoms with Crippen LogP contribution in [0.3, 0.4) is 0 Å². The zero-order valence-corrected chi connectivity index (χ0v) is 10.8. The van der Waals surface area contributed by atoms with Crippen molar-refractivity contribution >= 4 is 16.7 Å². The summed E-state index contributed by atoms with van der Waals surface area (Å²) < 4.78 is 0. The van der Waals surface area contributed by atoms with E-state index in [0.29, 0.717) is 5.82 Å². The molecule has 18 heavy (non-hydrogen) atoms. The van der Waals surface area contributed by atoms with Crippen LogP contribution in [0.4, 0.5) is 5.82 Å². The lowest BCUT2D eigenvalue weighted by Crippen LogP contribution is -2.36. The highest BCUT2D eigenvalue weighted by atomic mass is 15.1. The number of aromatic nitrogens is 1. The molecule has 0 atom stereocenters. The third-order valence-corrected chi connectivity index (χ3v) is 3.95. The molecule has 1 aromatic carbocycles. The minimum Gasteiger partial charge on any atom is -0.383 e. The molecule has 1 heterocycles. The van der Waals surface area contributed by atoms with Gasteiger partial charge in [-0.1, -0.05) is 24.6 Å². The maximum atomic E-state index is 6.06. The zero-order valence-electron chi connectivity index (χ0n) is 10.8. The van der Waals surface area contributed by atoms with E-state index in [9.17, 15) is 0 Å². The van der Waals surface area contributed by atoms with E-state index < -0.39 is 0 Å². The Balaban J connectivity index is 1.88. The Hall–Kier alpha value is -1.61. The molecular weight excluding hydrogens is 222 g/mol. The van der Waals surface area contributed by atoms with Crippen molar-refractivity contribution in [2.24, 2.45) is 0 Å². The first-order valence-corrected chi connectivity index (χ1v) is 6.58. The van der Waals surface area contributed by atoms with Crippen molar-refractivity contribution in [1.82, 2.24) is 9.88 Å². The number of nitrogens with zero attached hydrogens (tertiary/aromatic N) is 2. The maximum Gasteiger partial charge on any atom is 0.128 e. The van der Waals surface area contributed by atoms with Crippen molar-refractivity contribution in [3.8, 4) is 0 Å². The van der Waals surface area contributed by atoms with E-state index in [1.165, 1.54) is 24.6 Å². The van der Waals surface area contributed by atoms with Crippen molar-refractivity contribution in [3.63, 3.8) is 0 Å². The van der Waals surface area contributed by atoms with Crippen LogP contribution in [0.5, 0.6) is 0 Å². The average molecular weight is 241 g/mol. The second kappa shape index (κ2) is 4.58. The smallest absolute Gasteiger partial charge is 0.128 e. The van der Waals surface area contributed by atoms with E-state index in [0.717, 1.165) is 23.7 Å². The molecule has 0 amide bonds. The molecule has 3 nitrogen and oxygen atoms in total. The molecule has 0 unspecified atom stereocenters. The largest absolute Gasteiger partial charge is 0.383 e. The van der Waals surface area contributed by atoms with E-state index in [4.69, 9.17) is 5.73 Å². The van der Waals surface area contributed by atoms with Gasteiger partial charge in [0.1, 0.15) is 5.82 Å². The van der Waals surface area contributed by atoms with Crippen LogP contribution < -0.4 is 5.73 Å². The van der Waals surface area contributed by atoms with Crippen LogP contribution in [0, 0.1) is 0 Å². The fourth-order valence-corrected chi connectivity index (χ4v) is 2.53. The van der Waals surface area contributed by atoms with E-state index in [1.807, 2.05) is 18.2 Å². The second-order valence-corrected chi connectivity index (χ2v) is 5.23. The zero-order chi connectivity index (χ0) is 12.5. The van der Waals surface area contributed by atoms with Gasteiger partial charge in [-0.05, 0) is 32.0 Å². The summed E-state index contributed by atoms with van der Waals surface area (Å²) in [7, 11) is 2.18. The molecule has 1 aliphatic carbocycles. The quantitative estimate of drug-likeness (QED) is 0.898. The van der Waals surface area contributed by atoms with Gasteiger partial charge in [-0.15, -0.1) is 0 Å². The highest BCUT2D eigenvalue weighted by Gasteiger charge is 2.22. The first kappa shape index (κ1) is 11.5. The monoisotopic (exact) mass is 241 g/mol. The minimum atomic E-state index is 0.667. The van der Waals surface area contributed by atoms with Crippen molar-refractivity contribution in [3.05, 3.63) is 35.9 Å². The number of rotatable bonds is 3. The summed E-state index contributed by atoms with van der Waals surface area (Å²) in [4.78, 5) is 6.88. The highest BCUT2D eigenvalue weighted by molar-refractivity contribution is 5.81. The number of pyridine rings is 1. The van der Waals surface area contributed by atoms with Gasteiger partial charge in [-0.2, -0.15) is 0 Å². The van der Waals surface area contributed by atoms with Crippen molar-refractivity contribution in [1.29, 1.82) is 0 Å². The van der Waals surface area contributed by atoms with E-state index in [2.05, 4.69) is 29.1 Å². The minimum absolute atomic E-state index is 0.667. The molecule has 2 N–H and O–H groups in total. The van der Waals surface area contributed by atoms with E-state index in [1.54, 1.807) is 0 Å². The summed E-state index contributed by atoms with van der Waals surface area (Å²) in [6.07, 6.45) is 4.00. The van der Waals surface area contributed by atoms with Crippen molar-refractivity contribution in [2.45, 2.75) is 31.8 Å². The van der Waals surface area contributed by atoms with Crippen LogP contribution in [0.1, 0.15) is 24.8 Å². The first-order chi connectivity index (χ1) is 8.74. The molecule has 0 radical (unpaired) electrons. The Kier molecular flexibility index (Phi) is 2.92. The lowest BCUT2D eigenvalue weighted by atomic mass is 9.91. The van der Waals surface area contributed by atoms with Gasteiger partial charge in [0.15, 0.2) is 0 Å². The number of para-hydroxylation sites is 1. The lowest BCUT2D eigenvalue weighted by molar-refractivity contribution is 0.153. The average Bonchev–Trinajstić information content (AvgIpc) is 2.27. The van der Waals surface area contributed by atoms with Gasteiger partial charge in [0.2, 0.25) is 0 Å². The second-order valence-electron chi connectivity index (χ2n) is 5.23. The van der Waals surface area contributed by atoms with Crippen LogP contribution in [-0.2, 0) is 6.54 Å². The fraction of sp³-hybridized carbons (Fsp3) is 0.400. The third kappa shape index (κ3) is 2.06. The normalized spacial score (nSPS) is 16.1.